The van der Waals surface area contributed by atoms with Crippen molar-refractivity contribution in [2.75, 3.05) is 42.9 Å². The van der Waals surface area contributed by atoms with Crippen molar-refractivity contribution < 1.29 is 0 Å². The van der Waals surface area contributed by atoms with Crippen LogP contribution < -0.4 is 15.5 Å². The first-order valence-corrected chi connectivity index (χ1v) is 7.21. The summed E-state index contributed by atoms with van der Waals surface area (Å²) < 4.78 is 0. The number of thiophene rings is 1. The molecule has 1 aliphatic rings. The summed E-state index contributed by atoms with van der Waals surface area (Å²) in [6, 6.07) is 2.08. The molecule has 2 aromatic heterocycles. The van der Waals surface area contributed by atoms with Gasteiger partial charge in [-0.15, -0.1) is 11.3 Å². The lowest BCUT2D eigenvalue weighted by atomic mass is 10.3. The van der Waals surface area contributed by atoms with Gasteiger partial charge >= 0.3 is 0 Å². The molecular weight excluding hydrogens is 246 g/mol. The van der Waals surface area contributed by atoms with Crippen molar-refractivity contribution in [3.8, 4) is 0 Å². The van der Waals surface area contributed by atoms with Gasteiger partial charge < -0.3 is 15.5 Å². The highest BCUT2D eigenvalue weighted by molar-refractivity contribution is 7.16. The Morgan fingerprint density at radius 1 is 1.39 bits per heavy atom. The number of hydrogen-bond donors (Lipinski definition) is 2. The van der Waals surface area contributed by atoms with E-state index in [-0.39, 0.29) is 0 Å². The molecule has 6 heteroatoms. The zero-order valence-corrected chi connectivity index (χ0v) is 11.3. The quantitative estimate of drug-likeness (QED) is 0.879. The first-order valence-electron chi connectivity index (χ1n) is 6.33. The Kier molecular flexibility index (Phi) is 3.29. The standard InChI is InChI=1S/C12H17N5S/c1-2-14-10-9-3-8-18-11(9)16-12(15-10)17-6-4-13-5-7-17/h3,8,13H,2,4-7H2,1H3,(H,14,15,16). The molecule has 0 saturated carbocycles. The van der Waals surface area contributed by atoms with Crippen LogP contribution in [0.5, 0.6) is 0 Å². The molecule has 0 unspecified atom stereocenters. The van der Waals surface area contributed by atoms with Gasteiger partial charge in [-0.1, -0.05) is 0 Å². The maximum Gasteiger partial charge on any atom is 0.228 e. The first-order chi connectivity index (χ1) is 8.88. The summed E-state index contributed by atoms with van der Waals surface area (Å²) in [5.41, 5.74) is 0. The lowest BCUT2D eigenvalue weighted by Gasteiger charge is -2.27. The number of rotatable bonds is 3. The smallest absolute Gasteiger partial charge is 0.228 e. The van der Waals surface area contributed by atoms with Gasteiger partial charge in [0.15, 0.2) is 0 Å². The molecule has 0 aromatic carbocycles. The molecule has 2 N–H and O–H groups in total. The minimum atomic E-state index is 0.849. The maximum atomic E-state index is 4.67. The van der Waals surface area contributed by atoms with Gasteiger partial charge in [-0.25, -0.2) is 4.98 Å². The van der Waals surface area contributed by atoms with Crippen LogP contribution in [0.1, 0.15) is 6.92 Å². The molecule has 2 aromatic rings. The van der Waals surface area contributed by atoms with Crippen molar-refractivity contribution in [3.63, 3.8) is 0 Å². The fourth-order valence-corrected chi connectivity index (χ4v) is 2.91. The summed E-state index contributed by atoms with van der Waals surface area (Å²) in [5, 5.41) is 9.87. The number of hydrogen-bond acceptors (Lipinski definition) is 6. The topological polar surface area (TPSA) is 53.1 Å². The predicted octanol–water partition coefficient (Wildman–Crippen LogP) is 1.53. The Balaban J connectivity index is 2.00. The molecule has 3 rings (SSSR count). The summed E-state index contributed by atoms with van der Waals surface area (Å²) in [6.07, 6.45) is 0. The number of piperazine rings is 1. The second kappa shape index (κ2) is 5.07. The molecule has 96 valence electrons. The van der Waals surface area contributed by atoms with Crippen molar-refractivity contribution in [2.45, 2.75) is 6.92 Å². The Morgan fingerprint density at radius 2 is 2.22 bits per heavy atom. The van der Waals surface area contributed by atoms with E-state index in [2.05, 4.69) is 43.9 Å². The van der Waals surface area contributed by atoms with Crippen LogP contribution in [0.15, 0.2) is 11.4 Å². The molecule has 3 heterocycles. The average Bonchev–Trinajstić information content (AvgIpc) is 2.88. The van der Waals surface area contributed by atoms with E-state index in [0.29, 0.717) is 0 Å². The van der Waals surface area contributed by atoms with Crippen LogP contribution in [0, 0.1) is 0 Å². The minimum Gasteiger partial charge on any atom is -0.370 e. The van der Waals surface area contributed by atoms with Crippen LogP contribution in [0.2, 0.25) is 0 Å². The number of aromatic nitrogens is 2. The maximum absolute atomic E-state index is 4.67. The first kappa shape index (κ1) is 11.7. The molecule has 0 radical (unpaired) electrons. The normalized spacial score (nSPS) is 16.2. The second-order valence-corrected chi connectivity index (χ2v) is 5.17. The lowest BCUT2D eigenvalue weighted by molar-refractivity contribution is 0.581. The third kappa shape index (κ3) is 2.13. The third-order valence-corrected chi connectivity index (χ3v) is 3.86. The zero-order valence-electron chi connectivity index (χ0n) is 10.4. The molecule has 5 nitrogen and oxygen atoms in total. The van der Waals surface area contributed by atoms with Gasteiger partial charge in [-0.3, -0.25) is 0 Å². The van der Waals surface area contributed by atoms with Gasteiger partial charge in [0.2, 0.25) is 5.95 Å². The summed E-state index contributed by atoms with van der Waals surface area (Å²) in [4.78, 5) is 12.6. The number of anilines is 2. The number of nitrogens with one attached hydrogen (secondary N) is 2. The molecule has 1 fully saturated rings. The highest BCUT2D eigenvalue weighted by Crippen LogP contribution is 2.27. The van der Waals surface area contributed by atoms with E-state index < -0.39 is 0 Å². The van der Waals surface area contributed by atoms with Crippen LogP contribution >= 0.6 is 11.3 Å². The molecule has 1 saturated heterocycles. The van der Waals surface area contributed by atoms with Crippen LogP contribution in [0.25, 0.3) is 10.2 Å². The third-order valence-electron chi connectivity index (χ3n) is 3.06. The zero-order chi connectivity index (χ0) is 12.4. The molecule has 0 spiro atoms. The SMILES string of the molecule is CCNc1nc(N2CCNCC2)nc2sccc12. The average molecular weight is 263 g/mol. The van der Waals surface area contributed by atoms with E-state index in [1.165, 1.54) is 0 Å². The Hall–Kier alpha value is -1.40. The van der Waals surface area contributed by atoms with Crippen LogP contribution in [0.3, 0.4) is 0 Å². The molecule has 0 bridgehead atoms. The molecule has 18 heavy (non-hydrogen) atoms. The summed E-state index contributed by atoms with van der Waals surface area (Å²) >= 11 is 1.67. The molecule has 0 atom stereocenters. The van der Waals surface area contributed by atoms with Crippen molar-refractivity contribution in [2.24, 2.45) is 0 Å². The summed E-state index contributed by atoms with van der Waals surface area (Å²) in [5.74, 6) is 1.81. The van der Waals surface area contributed by atoms with Gasteiger partial charge in [0.05, 0.1) is 5.39 Å². The fourth-order valence-electron chi connectivity index (χ4n) is 2.15. The van der Waals surface area contributed by atoms with E-state index in [4.69, 9.17) is 0 Å². The van der Waals surface area contributed by atoms with Crippen LogP contribution in [0.4, 0.5) is 11.8 Å². The van der Waals surface area contributed by atoms with Gasteiger partial charge in [-0.05, 0) is 18.4 Å². The van der Waals surface area contributed by atoms with Crippen molar-refractivity contribution in [1.82, 2.24) is 15.3 Å². The number of fused-ring (bicyclic) bond motifs is 1. The van der Waals surface area contributed by atoms with E-state index in [9.17, 15) is 0 Å². The van der Waals surface area contributed by atoms with E-state index >= 15 is 0 Å². The number of nitrogens with zero attached hydrogens (tertiary/aromatic N) is 3. The Bertz CT molecular complexity index is 532. The molecule has 0 amide bonds. The molecule has 0 aliphatic carbocycles. The molecule has 1 aliphatic heterocycles. The minimum absolute atomic E-state index is 0.849. The highest BCUT2D eigenvalue weighted by atomic mass is 32.1. The van der Waals surface area contributed by atoms with Gasteiger partial charge in [0.25, 0.3) is 0 Å². The monoisotopic (exact) mass is 263 g/mol. The van der Waals surface area contributed by atoms with E-state index in [1.54, 1.807) is 11.3 Å². The lowest BCUT2D eigenvalue weighted by Crippen LogP contribution is -2.44. The highest BCUT2D eigenvalue weighted by Gasteiger charge is 2.16. The Morgan fingerprint density at radius 3 is 3.00 bits per heavy atom. The summed E-state index contributed by atoms with van der Waals surface area (Å²) in [6.45, 7) is 6.92. The van der Waals surface area contributed by atoms with Gasteiger partial charge in [0, 0.05) is 32.7 Å². The van der Waals surface area contributed by atoms with Crippen LogP contribution in [-0.4, -0.2) is 42.7 Å². The van der Waals surface area contributed by atoms with Crippen molar-refractivity contribution >= 4 is 33.3 Å². The Labute approximate surface area is 110 Å². The largest absolute Gasteiger partial charge is 0.370 e. The van der Waals surface area contributed by atoms with E-state index in [1.807, 2.05) is 0 Å². The predicted molar refractivity (Wildman–Crippen MR) is 76.7 cm³/mol. The van der Waals surface area contributed by atoms with Crippen LogP contribution in [-0.2, 0) is 0 Å². The second-order valence-electron chi connectivity index (χ2n) is 4.28. The van der Waals surface area contributed by atoms with Gasteiger partial charge in [-0.2, -0.15) is 4.98 Å². The van der Waals surface area contributed by atoms with Gasteiger partial charge in [0.1, 0.15) is 10.6 Å². The molecular formula is C12H17N5S. The van der Waals surface area contributed by atoms with E-state index in [0.717, 1.165) is 54.7 Å². The van der Waals surface area contributed by atoms with Crippen molar-refractivity contribution in [3.05, 3.63) is 11.4 Å². The summed E-state index contributed by atoms with van der Waals surface area (Å²) in [7, 11) is 0. The fraction of sp³-hybridized carbons (Fsp3) is 0.500. The van der Waals surface area contributed by atoms with Crippen molar-refractivity contribution in [1.29, 1.82) is 0 Å².